The molecule has 0 saturated carbocycles. The lowest BCUT2D eigenvalue weighted by molar-refractivity contribution is -0.113. The number of rotatable bonds is 3. The van der Waals surface area contributed by atoms with Gasteiger partial charge in [-0.1, -0.05) is 12.1 Å². The highest BCUT2D eigenvalue weighted by Crippen LogP contribution is 2.37. The van der Waals surface area contributed by atoms with Crippen LogP contribution in [0.5, 0.6) is 5.75 Å². The van der Waals surface area contributed by atoms with Crippen molar-refractivity contribution in [2.75, 3.05) is 26.8 Å². The van der Waals surface area contributed by atoms with E-state index in [1.54, 1.807) is 7.11 Å². The Kier molecular flexibility index (Phi) is 4.27. The normalized spacial score (nSPS) is 25.6. The molecule has 1 N–H and O–H groups in total. The van der Waals surface area contributed by atoms with Crippen molar-refractivity contribution in [2.24, 2.45) is 5.92 Å². The van der Waals surface area contributed by atoms with Gasteiger partial charge in [0.1, 0.15) is 5.75 Å². The maximum atomic E-state index is 6.15. The van der Waals surface area contributed by atoms with Gasteiger partial charge in [-0.15, -0.1) is 0 Å². The third-order valence-corrected chi connectivity index (χ3v) is 4.79. The molecule has 110 valence electrons. The molecule has 20 heavy (non-hydrogen) atoms. The lowest BCUT2D eigenvalue weighted by Crippen LogP contribution is -2.48. The topological polar surface area (TPSA) is 30.5 Å². The van der Waals surface area contributed by atoms with Crippen LogP contribution in [0.1, 0.15) is 31.2 Å². The number of hydrogen-bond donors (Lipinski definition) is 1. The molecule has 1 aromatic rings. The molecule has 0 aromatic heterocycles. The average molecular weight is 275 g/mol. The fraction of sp³-hybridized carbons (Fsp3) is 0.647. The maximum absolute atomic E-state index is 6.15. The summed E-state index contributed by atoms with van der Waals surface area (Å²) in [5.74, 6) is 1.70. The minimum atomic E-state index is 0.167. The van der Waals surface area contributed by atoms with Crippen LogP contribution < -0.4 is 10.1 Å². The summed E-state index contributed by atoms with van der Waals surface area (Å²) in [6.45, 7) is 3.14. The predicted octanol–water partition coefficient (Wildman–Crippen LogP) is 2.79. The molecule has 3 heteroatoms. The Labute approximate surface area is 121 Å². The summed E-state index contributed by atoms with van der Waals surface area (Å²) in [4.78, 5) is 0. The molecule has 2 aliphatic rings. The number of ether oxygens (including phenoxy) is 2. The van der Waals surface area contributed by atoms with Crippen LogP contribution in [0.15, 0.2) is 24.3 Å². The van der Waals surface area contributed by atoms with Gasteiger partial charge in [-0.25, -0.2) is 0 Å². The zero-order chi connectivity index (χ0) is 13.8. The van der Waals surface area contributed by atoms with Crippen molar-refractivity contribution in [2.45, 2.75) is 37.7 Å². The summed E-state index contributed by atoms with van der Waals surface area (Å²) in [5, 5.41) is 3.44. The average Bonchev–Trinajstić information content (AvgIpc) is 2.49. The van der Waals surface area contributed by atoms with Crippen molar-refractivity contribution < 1.29 is 9.47 Å². The minimum Gasteiger partial charge on any atom is -0.497 e. The zero-order valence-electron chi connectivity index (χ0n) is 12.4. The number of methoxy groups -OCH3 is 1. The van der Waals surface area contributed by atoms with Gasteiger partial charge < -0.3 is 14.8 Å². The standard InChI is InChI=1S/C17H25NO2/c1-19-16-4-2-14(3-5-16)12-15-6-11-20-17(13-15)7-9-18-10-8-17/h2-5,15,18H,6-13H2,1H3/t15-/m1/s1. The first-order valence-electron chi connectivity index (χ1n) is 7.77. The molecule has 3 nitrogen and oxygen atoms in total. The van der Waals surface area contributed by atoms with Crippen LogP contribution in [0.2, 0.25) is 0 Å². The van der Waals surface area contributed by atoms with Crippen LogP contribution in [0.3, 0.4) is 0 Å². The lowest BCUT2D eigenvalue weighted by Gasteiger charge is -2.43. The van der Waals surface area contributed by atoms with E-state index in [9.17, 15) is 0 Å². The Bertz CT molecular complexity index is 418. The SMILES string of the molecule is COc1ccc(C[C@H]2CCOC3(CCNCC3)C2)cc1. The molecule has 1 spiro atoms. The van der Waals surface area contributed by atoms with Gasteiger partial charge in [0.25, 0.3) is 0 Å². The van der Waals surface area contributed by atoms with Crippen LogP contribution in [0, 0.1) is 5.92 Å². The predicted molar refractivity (Wildman–Crippen MR) is 80.2 cm³/mol. The molecule has 2 aliphatic heterocycles. The van der Waals surface area contributed by atoms with Crippen LogP contribution in [-0.4, -0.2) is 32.4 Å². The van der Waals surface area contributed by atoms with Crippen molar-refractivity contribution in [3.63, 3.8) is 0 Å². The Morgan fingerprint density at radius 3 is 2.70 bits per heavy atom. The van der Waals surface area contributed by atoms with Crippen molar-refractivity contribution in [3.05, 3.63) is 29.8 Å². The number of nitrogens with one attached hydrogen (secondary N) is 1. The van der Waals surface area contributed by atoms with E-state index >= 15 is 0 Å². The fourth-order valence-corrected chi connectivity index (χ4v) is 3.63. The molecular formula is C17H25NO2. The zero-order valence-corrected chi connectivity index (χ0v) is 12.4. The van der Waals surface area contributed by atoms with Crippen molar-refractivity contribution in [1.82, 2.24) is 5.32 Å². The molecule has 1 atom stereocenters. The second-order valence-electron chi connectivity index (χ2n) is 6.19. The second kappa shape index (κ2) is 6.15. The Balaban J connectivity index is 1.61. The molecule has 0 aliphatic carbocycles. The molecular weight excluding hydrogens is 250 g/mol. The summed E-state index contributed by atoms with van der Waals surface area (Å²) in [6, 6.07) is 8.52. The summed E-state index contributed by atoms with van der Waals surface area (Å²) < 4.78 is 11.4. The summed E-state index contributed by atoms with van der Waals surface area (Å²) in [7, 11) is 1.72. The highest BCUT2D eigenvalue weighted by atomic mass is 16.5. The first-order valence-corrected chi connectivity index (χ1v) is 7.77. The van der Waals surface area contributed by atoms with E-state index in [4.69, 9.17) is 9.47 Å². The lowest BCUT2D eigenvalue weighted by atomic mass is 9.78. The Hall–Kier alpha value is -1.06. The maximum Gasteiger partial charge on any atom is 0.118 e. The highest BCUT2D eigenvalue weighted by molar-refractivity contribution is 5.27. The van der Waals surface area contributed by atoms with E-state index in [0.29, 0.717) is 0 Å². The van der Waals surface area contributed by atoms with Crippen molar-refractivity contribution >= 4 is 0 Å². The first kappa shape index (κ1) is 13.9. The van der Waals surface area contributed by atoms with E-state index in [1.165, 1.54) is 37.7 Å². The van der Waals surface area contributed by atoms with Crippen LogP contribution in [-0.2, 0) is 11.2 Å². The number of benzene rings is 1. The second-order valence-corrected chi connectivity index (χ2v) is 6.19. The van der Waals surface area contributed by atoms with Gasteiger partial charge in [0.2, 0.25) is 0 Å². The van der Waals surface area contributed by atoms with E-state index in [0.717, 1.165) is 31.4 Å². The molecule has 2 fully saturated rings. The van der Waals surface area contributed by atoms with E-state index in [2.05, 4.69) is 29.6 Å². The molecule has 3 rings (SSSR count). The van der Waals surface area contributed by atoms with Crippen molar-refractivity contribution in [1.29, 1.82) is 0 Å². The van der Waals surface area contributed by atoms with E-state index in [-0.39, 0.29) is 5.60 Å². The van der Waals surface area contributed by atoms with Gasteiger partial charge in [-0.2, -0.15) is 0 Å². The van der Waals surface area contributed by atoms with E-state index < -0.39 is 0 Å². The Morgan fingerprint density at radius 2 is 2.00 bits per heavy atom. The monoisotopic (exact) mass is 275 g/mol. The molecule has 2 heterocycles. The smallest absolute Gasteiger partial charge is 0.118 e. The minimum absolute atomic E-state index is 0.167. The highest BCUT2D eigenvalue weighted by Gasteiger charge is 2.38. The molecule has 0 unspecified atom stereocenters. The van der Waals surface area contributed by atoms with Gasteiger partial charge in [-0.3, -0.25) is 0 Å². The van der Waals surface area contributed by atoms with Crippen LogP contribution in [0.25, 0.3) is 0 Å². The largest absolute Gasteiger partial charge is 0.497 e. The molecule has 0 bridgehead atoms. The molecule has 2 saturated heterocycles. The first-order chi connectivity index (χ1) is 9.80. The van der Waals surface area contributed by atoms with Gasteiger partial charge in [0, 0.05) is 6.61 Å². The molecule has 0 radical (unpaired) electrons. The van der Waals surface area contributed by atoms with E-state index in [1.807, 2.05) is 0 Å². The van der Waals surface area contributed by atoms with Crippen LogP contribution >= 0.6 is 0 Å². The number of hydrogen-bond acceptors (Lipinski definition) is 3. The van der Waals surface area contributed by atoms with Gasteiger partial charge in [-0.05, 0) is 68.8 Å². The third kappa shape index (κ3) is 3.15. The summed E-state index contributed by atoms with van der Waals surface area (Å²) in [6.07, 6.45) is 5.93. The Morgan fingerprint density at radius 1 is 1.25 bits per heavy atom. The summed E-state index contributed by atoms with van der Waals surface area (Å²) >= 11 is 0. The van der Waals surface area contributed by atoms with Gasteiger partial charge in [0.15, 0.2) is 0 Å². The van der Waals surface area contributed by atoms with Gasteiger partial charge in [0.05, 0.1) is 12.7 Å². The molecule has 0 amide bonds. The van der Waals surface area contributed by atoms with Crippen LogP contribution in [0.4, 0.5) is 0 Å². The van der Waals surface area contributed by atoms with Crippen molar-refractivity contribution in [3.8, 4) is 5.75 Å². The number of piperidine rings is 1. The third-order valence-electron chi connectivity index (χ3n) is 4.79. The fourth-order valence-electron chi connectivity index (χ4n) is 3.63. The molecule has 1 aromatic carbocycles. The summed E-state index contributed by atoms with van der Waals surface area (Å²) in [5.41, 5.74) is 1.59. The quantitative estimate of drug-likeness (QED) is 0.920. The van der Waals surface area contributed by atoms with Gasteiger partial charge >= 0.3 is 0 Å².